The Bertz CT molecular complexity index is 778. The minimum Gasteiger partial charge on any atom is -0.478 e. The van der Waals surface area contributed by atoms with E-state index in [1.165, 1.54) is 11.8 Å². The van der Waals surface area contributed by atoms with Crippen molar-refractivity contribution in [1.29, 1.82) is 0 Å². The number of benzene rings is 1. The molecule has 0 spiro atoms. The molecule has 3 aromatic rings. The van der Waals surface area contributed by atoms with Gasteiger partial charge in [0.05, 0.1) is 5.75 Å². The largest absolute Gasteiger partial charge is 0.478 e. The number of fused-ring (bicyclic) bond motifs is 1. The lowest BCUT2D eigenvalue weighted by atomic mass is 10.1. The van der Waals surface area contributed by atoms with Crippen molar-refractivity contribution in [2.24, 2.45) is 0 Å². The van der Waals surface area contributed by atoms with Crippen molar-refractivity contribution in [3.8, 4) is 0 Å². The molecule has 0 radical (unpaired) electrons. The lowest BCUT2D eigenvalue weighted by molar-refractivity contribution is 0.0696. The quantitative estimate of drug-likeness (QED) is 0.738. The number of aryl methyl sites for hydroxylation is 1. The van der Waals surface area contributed by atoms with Crippen LogP contribution in [0.15, 0.2) is 38.3 Å². The molecule has 0 unspecified atom stereocenters. The first-order valence-corrected chi connectivity index (χ1v) is 6.80. The highest BCUT2D eigenvalue weighted by Gasteiger charge is 2.20. The van der Waals surface area contributed by atoms with Gasteiger partial charge in [0.1, 0.15) is 16.9 Å². The molecular formula is C13H10N2O4S. The summed E-state index contributed by atoms with van der Waals surface area (Å²) in [5.41, 5.74) is 0.742. The van der Waals surface area contributed by atoms with Crippen LogP contribution in [0.1, 0.15) is 22.0 Å². The van der Waals surface area contributed by atoms with E-state index in [2.05, 4.69) is 10.2 Å². The lowest BCUT2D eigenvalue weighted by Gasteiger charge is -1.96. The van der Waals surface area contributed by atoms with Gasteiger partial charge in [-0.1, -0.05) is 30.0 Å². The monoisotopic (exact) mass is 290 g/mol. The second-order valence-electron chi connectivity index (χ2n) is 4.08. The molecule has 0 fully saturated rings. The first-order chi connectivity index (χ1) is 9.65. The van der Waals surface area contributed by atoms with Gasteiger partial charge in [0.25, 0.3) is 5.22 Å². The van der Waals surface area contributed by atoms with Gasteiger partial charge in [-0.05, 0) is 6.07 Å². The number of rotatable bonds is 4. The molecule has 0 atom stereocenters. The van der Waals surface area contributed by atoms with Crippen molar-refractivity contribution in [1.82, 2.24) is 10.2 Å². The Balaban J connectivity index is 1.94. The van der Waals surface area contributed by atoms with E-state index in [9.17, 15) is 9.90 Å². The van der Waals surface area contributed by atoms with Crippen LogP contribution in [0.4, 0.5) is 0 Å². The third-order valence-corrected chi connectivity index (χ3v) is 3.53. The smallest absolute Gasteiger partial charge is 0.339 e. The Kier molecular flexibility index (Phi) is 3.19. The van der Waals surface area contributed by atoms with E-state index < -0.39 is 5.97 Å². The SMILES string of the molecule is Cc1nnc(SCc2oc3ccccc3c2C(=O)O)o1. The molecule has 3 rings (SSSR count). The van der Waals surface area contributed by atoms with Crippen LogP contribution in [-0.2, 0) is 5.75 Å². The maximum atomic E-state index is 11.4. The predicted octanol–water partition coefficient (Wildman–Crippen LogP) is 3.11. The van der Waals surface area contributed by atoms with Crippen molar-refractivity contribution in [2.75, 3.05) is 0 Å². The van der Waals surface area contributed by atoms with Crippen molar-refractivity contribution in [3.63, 3.8) is 0 Å². The summed E-state index contributed by atoms with van der Waals surface area (Å²) in [5, 5.41) is 17.9. The number of furan rings is 1. The Morgan fingerprint density at radius 3 is 2.80 bits per heavy atom. The summed E-state index contributed by atoms with van der Waals surface area (Å²) in [6.07, 6.45) is 0. The van der Waals surface area contributed by atoms with E-state index in [4.69, 9.17) is 8.83 Å². The summed E-state index contributed by atoms with van der Waals surface area (Å²) in [7, 11) is 0. The maximum absolute atomic E-state index is 11.4. The van der Waals surface area contributed by atoms with Gasteiger partial charge in [-0.2, -0.15) is 0 Å². The zero-order valence-corrected chi connectivity index (χ0v) is 11.3. The molecule has 0 aliphatic heterocycles. The number of carboxylic acids is 1. The van der Waals surface area contributed by atoms with Gasteiger partial charge in [0.2, 0.25) is 5.89 Å². The summed E-state index contributed by atoms with van der Waals surface area (Å²) in [5.74, 6) is 0.167. The molecule has 0 saturated heterocycles. The number of hydrogen-bond donors (Lipinski definition) is 1. The van der Waals surface area contributed by atoms with Gasteiger partial charge in [0, 0.05) is 12.3 Å². The highest BCUT2D eigenvalue weighted by molar-refractivity contribution is 7.98. The van der Waals surface area contributed by atoms with Crippen LogP contribution in [-0.4, -0.2) is 21.3 Å². The second kappa shape index (κ2) is 5.01. The molecule has 7 heteroatoms. The summed E-state index contributed by atoms with van der Waals surface area (Å²) in [6, 6.07) is 7.05. The number of nitrogens with zero attached hydrogens (tertiary/aromatic N) is 2. The van der Waals surface area contributed by atoms with Gasteiger partial charge in [-0.15, -0.1) is 10.2 Å². The number of thioether (sulfide) groups is 1. The Morgan fingerprint density at radius 2 is 2.10 bits per heavy atom. The summed E-state index contributed by atoms with van der Waals surface area (Å²) in [6.45, 7) is 1.70. The van der Waals surface area contributed by atoms with Gasteiger partial charge in [0.15, 0.2) is 0 Å². The molecule has 20 heavy (non-hydrogen) atoms. The molecule has 0 bridgehead atoms. The average molecular weight is 290 g/mol. The number of hydrogen-bond acceptors (Lipinski definition) is 6. The van der Waals surface area contributed by atoms with Gasteiger partial charge in [-0.3, -0.25) is 0 Å². The molecule has 102 valence electrons. The number of para-hydroxylation sites is 1. The normalized spacial score (nSPS) is 11.1. The topological polar surface area (TPSA) is 89.4 Å². The third kappa shape index (κ3) is 2.27. The Labute approximate surface area is 117 Å². The van der Waals surface area contributed by atoms with E-state index in [0.29, 0.717) is 33.6 Å². The molecule has 0 amide bonds. The third-order valence-electron chi connectivity index (χ3n) is 2.72. The lowest BCUT2D eigenvalue weighted by Crippen LogP contribution is -1.98. The molecule has 1 N–H and O–H groups in total. The van der Waals surface area contributed by atoms with Crippen LogP contribution in [0.25, 0.3) is 11.0 Å². The van der Waals surface area contributed by atoms with Gasteiger partial charge >= 0.3 is 5.97 Å². The molecule has 2 aromatic heterocycles. The van der Waals surface area contributed by atoms with E-state index in [1.807, 2.05) is 0 Å². The Hall–Kier alpha value is -2.28. The fraction of sp³-hybridized carbons (Fsp3) is 0.154. The zero-order valence-electron chi connectivity index (χ0n) is 10.5. The molecule has 1 aromatic carbocycles. The standard InChI is InChI=1S/C13H10N2O4S/c1-7-14-15-13(18-7)20-6-10-11(12(16)17)8-4-2-3-5-9(8)19-10/h2-5H,6H2,1H3,(H,16,17). The van der Waals surface area contributed by atoms with Crippen molar-refractivity contribution >= 4 is 28.7 Å². The fourth-order valence-electron chi connectivity index (χ4n) is 1.90. The van der Waals surface area contributed by atoms with Gasteiger partial charge in [-0.25, -0.2) is 4.79 Å². The number of carboxylic acid groups (broad SMARTS) is 1. The molecule has 6 nitrogen and oxygen atoms in total. The summed E-state index contributed by atoms with van der Waals surface area (Å²) >= 11 is 1.24. The van der Waals surface area contributed by atoms with Crippen LogP contribution in [0.5, 0.6) is 0 Å². The van der Waals surface area contributed by atoms with E-state index in [1.54, 1.807) is 31.2 Å². The van der Waals surface area contributed by atoms with E-state index >= 15 is 0 Å². The van der Waals surface area contributed by atoms with Crippen molar-refractivity contribution in [3.05, 3.63) is 41.5 Å². The minimum atomic E-state index is -1.01. The van der Waals surface area contributed by atoms with Crippen LogP contribution in [0.2, 0.25) is 0 Å². The molecular weight excluding hydrogens is 280 g/mol. The average Bonchev–Trinajstić information content (AvgIpc) is 2.99. The molecule has 0 aliphatic rings. The first kappa shape index (κ1) is 12.7. The molecule has 2 heterocycles. The van der Waals surface area contributed by atoms with E-state index in [-0.39, 0.29) is 5.56 Å². The summed E-state index contributed by atoms with van der Waals surface area (Å²) < 4.78 is 10.8. The first-order valence-electron chi connectivity index (χ1n) is 5.82. The van der Waals surface area contributed by atoms with Crippen LogP contribution >= 0.6 is 11.8 Å². The van der Waals surface area contributed by atoms with Crippen molar-refractivity contribution in [2.45, 2.75) is 17.9 Å². The second-order valence-corrected chi connectivity index (χ2v) is 5.00. The molecule has 0 saturated carbocycles. The maximum Gasteiger partial charge on any atom is 0.339 e. The van der Waals surface area contributed by atoms with Crippen LogP contribution in [0.3, 0.4) is 0 Å². The Morgan fingerprint density at radius 1 is 1.30 bits per heavy atom. The van der Waals surface area contributed by atoms with Crippen LogP contribution < -0.4 is 0 Å². The zero-order chi connectivity index (χ0) is 14.1. The summed E-state index contributed by atoms with van der Waals surface area (Å²) in [4.78, 5) is 11.4. The number of carbonyl (C=O) groups is 1. The van der Waals surface area contributed by atoms with E-state index in [0.717, 1.165) is 0 Å². The van der Waals surface area contributed by atoms with Crippen molar-refractivity contribution < 1.29 is 18.7 Å². The minimum absolute atomic E-state index is 0.185. The molecule has 0 aliphatic carbocycles. The number of aromatic carboxylic acids is 1. The fourth-order valence-corrected chi connectivity index (χ4v) is 2.63. The van der Waals surface area contributed by atoms with Crippen LogP contribution in [0, 0.1) is 6.92 Å². The highest BCUT2D eigenvalue weighted by Crippen LogP contribution is 2.30. The number of aromatic nitrogens is 2. The predicted molar refractivity (Wildman–Crippen MR) is 71.8 cm³/mol. The highest BCUT2D eigenvalue weighted by atomic mass is 32.2. The van der Waals surface area contributed by atoms with Gasteiger partial charge < -0.3 is 13.9 Å².